The fourth-order valence-corrected chi connectivity index (χ4v) is 0. The summed E-state index contributed by atoms with van der Waals surface area (Å²) in [7, 11) is 0. The maximum absolute atomic E-state index is 7.09. The van der Waals surface area contributed by atoms with Gasteiger partial charge in [0, 0.05) is 76.8 Å². The van der Waals surface area contributed by atoms with Crippen molar-refractivity contribution in [2.75, 3.05) is 0 Å². The Labute approximate surface area is 99.1 Å². The second-order valence-electron chi connectivity index (χ2n) is 0.0667. The van der Waals surface area contributed by atoms with E-state index in [0.29, 0.717) is 0 Å². The SMILES string of the molecule is [Cd].[Ni].[OH][Co][OH].[S].[Zn]. The predicted octanol–water partition coefficient (Wildman–Crippen LogP) is -0.476. The van der Waals surface area contributed by atoms with Gasteiger partial charge in [0.05, 0.1) is 0 Å². The molecule has 0 aromatic heterocycles. The second kappa shape index (κ2) is 37.0. The van der Waals surface area contributed by atoms with Gasteiger partial charge in [0.1, 0.15) is 0 Å². The first kappa shape index (κ1) is 32.9. The zero-order valence-corrected chi connectivity index (χ0v) is 13.2. The van der Waals surface area contributed by atoms with Gasteiger partial charge < -0.3 is 0 Å². The van der Waals surface area contributed by atoms with Gasteiger partial charge in [-0.1, -0.05) is 0 Å². The van der Waals surface area contributed by atoms with E-state index in [-0.39, 0.29) is 76.8 Å². The monoisotopic (exact) mass is 361 g/mol. The van der Waals surface area contributed by atoms with Crippen LogP contribution in [-0.4, -0.2) is 8.44 Å². The standard InChI is InChI=1S/Cd.Co.Ni.2H2O.S.Zn/h;;;2*1H2;;/q;+2;;;;;/p-2. The molecule has 7 heavy (non-hydrogen) atoms. The fraction of sp³-hybridized carbons (Fsp3) is 0. The molecule has 0 bridgehead atoms. The summed E-state index contributed by atoms with van der Waals surface area (Å²) in [4.78, 5) is 0. The van der Waals surface area contributed by atoms with Crippen LogP contribution in [0.2, 0.25) is 0 Å². The minimum Gasteiger partial charge on any atom is 0 e. The van der Waals surface area contributed by atoms with Gasteiger partial charge in [-0.15, -0.1) is 0 Å². The Hall–Kier alpha value is 2.82. The molecule has 7 heteroatoms. The molecule has 2 N–H and O–H groups in total. The first-order chi connectivity index (χ1) is 1.41. The Morgan fingerprint density at radius 3 is 1.14 bits per heavy atom. The molecule has 0 aromatic rings. The van der Waals surface area contributed by atoms with Crippen LogP contribution in [0.4, 0.5) is 0 Å². The van der Waals surface area contributed by atoms with Crippen LogP contribution in [0, 0.1) is 0 Å². The Kier molecular flexibility index (Phi) is 174. The van der Waals surface area contributed by atoms with Gasteiger partial charge in [0.25, 0.3) is 0 Å². The molecule has 0 rings (SSSR count). The third-order valence-corrected chi connectivity index (χ3v) is 0. The van der Waals surface area contributed by atoms with E-state index in [0.717, 1.165) is 0 Å². The predicted molar refractivity (Wildman–Crippen MR) is 12.0 cm³/mol. The first-order valence-corrected chi connectivity index (χ1v) is 1.23. The molecule has 0 amide bonds. The van der Waals surface area contributed by atoms with E-state index in [1.807, 2.05) is 0 Å². The fourth-order valence-electron chi connectivity index (χ4n) is 0. The molecule has 0 aliphatic heterocycles. The van der Waals surface area contributed by atoms with Gasteiger partial charge in [-0.05, 0) is 0 Å². The summed E-state index contributed by atoms with van der Waals surface area (Å²) in [5, 5.41) is 0. The van der Waals surface area contributed by atoms with Crippen molar-refractivity contribution in [2.24, 2.45) is 0 Å². The first-order valence-electron chi connectivity index (χ1n) is 0.298. The van der Waals surface area contributed by atoms with Crippen LogP contribution in [0.25, 0.3) is 0 Å². The molecular weight excluding hydrogens is 359 g/mol. The van der Waals surface area contributed by atoms with E-state index in [1.165, 1.54) is 0 Å². The second-order valence-corrected chi connectivity index (χ2v) is 0.275. The average molecular weight is 362 g/mol. The van der Waals surface area contributed by atoms with Crippen LogP contribution in [-0.2, 0) is 78.6 Å². The summed E-state index contributed by atoms with van der Waals surface area (Å²) >= 11 is -0.562. The van der Waals surface area contributed by atoms with Crippen molar-refractivity contribution >= 4 is 13.5 Å². The zero-order valence-electron chi connectivity index (χ0n) is 3.37. The molecule has 0 aromatic carbocycles. The molecule has 2 nitrogen and oxygen atoms in total. The van der Waals surface area contributed by atoms with Crippen molar-refractivity contribution in [3.05, 3.63) is 0 Å². The molecule has 0 saturated carbocycles. The molecule has 2 radical (unpaired) electrons. The molecule has 0 saturated heterocycles. The topological polar surface area (TPSA) is 40.5 Å². The van der Waals surface area contributed by atoms with Crippen molar-refractivity contribution in [1.29, 1.82) is 0 Å². The minimum absolute atomic E-state index is 0. The Morgan fingerprint density at radius 1 is 1.14 bits per heavy atom. The Balaban J connectivity index is -0.00000000333. The van der Waals surface area contributed by atoms with Gasteiger partial charge in [0.15, 0.2) is 0 Å². The normalized spacial score (nSPS) is 3.14. The quantitative estimate of drug-likeness (QED) is 0.573. The molecular formula is H2CdCoNiO2SZn. The van der Waals surface area contributed by atoms with E-state index in [9.17, 15) is 0 Å². The van der Waals surface area contributed by atoms with E-state index in [1.54, 1.807) is 0 Å². The molecule has 0 heterocycles. The summed E-state index contributed by atoms with van der Waals surface area (Å²) in [6, 6.07) is 0. The summed E-state index contributed by atoms with van der Waals surface area (Å²) in [6.45, 7) is 0. The minimum atomic E-state index is -0.562. The van der Waals surface area contributed by atoms with Gasteiger partial charge in [-0.3, -0.25) is 0 Å². The molecule has 0 aliphatic carbocycles. The van der Waals surface area contributed by atoms with Crippen LogP contribution >= 0.6 is 13.5 Å². The van der Waals surface area contributed by atoms with Crippen LogP contribution < -0.4 is 0 Å². The van der Waals surface area contributed by atoms with Gasteiger partial charge in [-0.2, -0.15) is 0 Å². The average Bonchev–Trinajstić information content (AvgIpc) is 0.918. The molecule has 0 spiro atoms. The number of rotatable bonds is 0. The van der Waals surface area contributed by atoms with E-state index < -0.39 is 15.3 Å². The third kappa shape index (κ3) is 51.7. The summed E-state index contributed by atoms with van der Waals surface area (Å²) in [5.41, 5.74) is 0. The Bertz CT molecular complexity index is 17.7. The molecule has 43 valence electrons. The van der Waals surface area contributed by atoms with Crippen molar-refractivity contribution in [3.8, 4) is 0 Å². The molecule has 0 aliphatic rings. The smallest absolute Gasteiger partial charge is 0 e. The van der Waals surface area contributed by atoms with Crippen molar-refractivity contribution in [2.45, 2.75) is 0 Å². The summed E-state index contributed by atoms with van der Waals surface area (Å²) < 4.78 is 14.2. The van der Waals surface area contributed by atoms with Crippen LogP contribution in [0.15, 0.2) is 0 Å². The Morgan fingerprint density at radius 2 is 1.14 bits per heavy atom. The number of hydrogen-bond donors (Lipinski definition) is 2. The summed E-state index contributed by atoms with van der Waals surface area (Å²) in [5.74, 6) is 0. The van der Waals surface area contributed by atoms with Crippen LogP contribution in [0.1, 0.15) is 0 Å². The maximum atomic E-state index is 7.09. The third-order valence-electron chi connectivity index (χ3n) is 0. The zero-order chi connectivity index (χ0) is 2.71. The van der Waals surface area contributed by atoms with E-state index >= 15 is 0 Å². The molecule has 0 fully saturated rings. The molecule has 0 atom stereocenters. The van der Waals surface area contributed by atoms with Crippen molar-refractivity contribution in [1.82, 2.24) is 0 Å². The summed E-state index contributed by atoms with van der Waals surface area (Å²) in [6.07, 6.45) is 0. The van der Waals surface area contributed by atoms with Gasteiger partial charge >= 0.3 is 23.8 Å². The number of hydrogen-bond acceptors (Lipinski definition) is 2. The van der Waals surface area contributed by atoms with E-state index in [2.05, 4.69) is 0 Å². The molecule has 0 unspecified atom stereocenters. The largest absolute Gasteiger partial charge is 0 e. The van der Waals surface area contributed by atoms with Crippen LogP contribution in [0.3, 0.4) is 0 Å². The maximum Gasteiger partial charge on any atom is 0 e. The van der Waals surface area contributed by atoms with Crippen molar-refractivity contribution in [3.63, 3.8) is 0 Å². The van der Waals surface area contributed by atoms with Gasteiger partial charge in [-0.25, -0.2) is 0 Å². The van der Waals surface area contributed by atoms with Crippen molar-refractivity contribution < 1.29 is 87.1 Å². The van der Waals surface area contributed by atoms with E-state index in [4.69, 9.17) is 8.44 Å². The van der Waals surface area contributed by atoms with Crippen LogP contribution in [0.5, 0.6) is 0 Å². The van der Waals surface area contributed by atoms with Gasteiger partial charge in [0.2, 0.25) is 0 Å².